The highest BCUT2D eigenvalue weighted by Gasteiger charge is 2.32. The van der Waals surface area contributed by atoms with E-state index >= 15 is 0 Å². The molecule has 2 atom stereocenters. The Kier molecular flexibility index (Phi) is 2.88. The quantitative estimate of drug-likeness (QED) is 0.770. The smallest absolute Gasteiger partial charge is 0.0485 e. The van der Waals surface area contributed by atoms with Gasteiger partial charge in [-0.25, -0.2) is 0 Å². The van der Waals surface area contributed by atoms with Gasteiger partial charge in [-0.3, -0.25) is 0 Å². The van der Waals surface area contributed by atoms with Crippen LogP contribution in [-0.4, -0.2) is 29.6 Å². The van der Waals surface area contributed by atoms with Crippen molar-refractivity contribution in [2.45, 2.75) is 32.7 Å². The summed E-state index contributed by atoms with van der Waals surface area (Å²) >= 11 is 0. The number of piperidine rings is 1. The lowest BCUT2D eigenvalue weighted by molar-refractivity contribution is 0.156. The van der Waals surface area contributed by atoms with Crippen LogP contribution in [-0.2, 0) is 19.4 Å². The van der Waals surface area contributed by atoms with Gasteiger partial charge < -0.3 is 9.47 Å². The summed E-state index contributed by atoms with van der Waals surface area (Å²) < 4.78 is 2.57. The predicted octanol–water partition coefficient (Wildman–Crippen LogP) is 3.33. The molecular formula is C18H24N2. The molecule has 1 saturated heterocycles. The van der Waals surface area contributed by atoms with Gasteiger partial charge in [-0.1, -0.05) is 18.2 Å². The maximum Gasteiger partial charge on any atom is 0.0485 e. The van der Waals surface area contributed by atoms with Crippen molar-refractivity contribution in [1.29, 1.82) is 0 Å². The van der Waals surface area contributed by atoms with Crippen molar-refractivity contribution in [2.75, 3.05) is 20.1 Å². The minimum atomic E-state index is 0.856. The van der Waals surface area contributed by atoms with Crippen LogP contribution in [0.1, 0.15) is 24.6 Å². The third-order valence-corrected chi connectivity index (χ3v) is 5.29. The fourth-order valence-electron chi connectivity index (χ4n) is 4.68. The number of likely N-dealkylation sites (tertiary alicyclic amines) is 1. The molecule has 1 fully saturated rings. The van der Waals surface area contributed by atoms with Crippen LogP contribution in [0.5, 0.6) is 0 Å². The minimum Gasteiger partial charge on any atom is -0.345 e. The SMILES string of the molecule is CCn1c2c(c3ccccc31)CC1CC(C2)CN(C)C1. The first-order chi connectivity index (χ1) is 9.76. The molecule has 1 aliphatic carbocycles. The van der Waals surface area contributed by atoms with Gasteiger partial charge in [0.15, 0.2) is 0 Å². The summed E-state index contributed by atoms with van der Waals surface area (Å²) in [5.41, 5.74) is 4.75. The summed E-state index contributed by atoms with van der Waals surface area (Å²) in [7, 11) is 2.29. The first-order valence-corrected chi connectivity index (χ1v) is 8.03. The monoisotopic (exact) mass is 268 g/mol. The fourth-order valence-corrected chi connectivity index (χ4v) is 4.68. The maximum atomic E-state index is 2.57. The Morgan fingerprint density at radius 3 is 2.65 bits per heavy atom. The molecule has 0 radical (unpaired) electrons. The lowest BCUT2D eigenvalue weighted by atomic mass is 9.87. The summed E-state index contributed by atoms with van der Waals surface area (Å²) in [4.78, 5) is 2.54. The molecule has 0 amide bonds. The number of aryl methyl sites for hydroxylation is 1. The minimum absolute atomic E-state index is 0.856. The summed E-state index contributed by atoms with van der Waals surface area (Å²) in [6.07, 6.45) is 3.99. The number of rotatable bonds is 1. The van der Waals surface area contributed by atoms with E-state index in [4.69, 9.17) is 0 Å². The maximum absolute atomic E-state index is 2.57. The highest BCUT2D eigenvalue weighted by molar-refractivity contribution is 5.85. The highest BCUT2D eigenvalue weighted by Crippen LogP contribution is 2.37. The molecule has 20 heavy (non-hydrogen) atoms. The molecule has 2 bridgehead atoms. The second-order valence-electron chi connectivity index (χ2n) is 6.78. The van der Waals surface area contributed by atoms with Gasteiger partial charge in [0.05, 0.1) is 0 Å². The van der Waals surface area contributed by atoms with Gasteiger partial charge in [0.25, 0.3) is 0 Å². The van der Waals surface area contributed by atoms with Crippen molar-refractivity contribution in [2.24, 2.45) is 11.8 Å². The van der Waals surface area contributed by atoms with Crippen LogP contribution in [0.2, 0.25) is 0 Å². The van der Waals surface area contributed by atoms with Crippen LogP contribution in [0.4, 0.5) is 0 Å². The first kappa shape index (κ1) is 12.5. The molecule has 0 spiro atoms. The molecule has 1 aromatic carbocycles. The Hall–Kier alpha value is -1.28. The zero-order valence-corrected chi connectivity index (χ0v) is 12.6. The van der Waals surface area contributed by atoms with Gasteiger partial charge >= 0.3 is 0 Å². The van der Waals surface area contributed by atoms with Gasteiger partial charge in [-0.05, 0) is 56.7 Å². The van der Waals surface area contributed by atoms with Crippen molar-refractivity contribution in [3.05, 3.63) is 35.5 Å². The lowest BCUT2D eigenvalue weighted by Crippen LogP contribution is -2.38. The van der Waals surface area contributed by atoms with E-state index in [9.17, 15) is 0 Å². The topological polar surface area (TPSA) is 8.17 Å². The average Bonchev–Trinajstić information content (AvgIpc) is 2.64. The third-order valence-electron chi connectivity index (χ3n) is 5.29. The second kappa shape index (κ2) is 4.63. The van der Waals surface area contributed by atoms with Crippen molar-refractivity contribution < 1.29 is 0 Å². The molecule has 106 valence electrons. The Balaban J connectivity index is 1.90. The molecule has 2 nitrogen and oxygen atoms in total. The van der Waals surface area contributed by atoms with E-state index in [0.717, 1.165) is 18.4 Å². The van der Waals surface area contributed by atoms with E-state index in [1.165, 1.54) is 43.3 Å². The molecule has 2 heteroatoms. The van der Waals surface area contributed by atoms with E-state index in [1.807, 2.05) is 0 Å². The standard InChI is InChI=1S/C18H24N2/c1-3-20-17-7-5-4-6-15(17)16-9-13-8-14(10-18(16)20)12-19(2)11-13/h4-7,13-14H,3,8-12H2,1-2H3. The number of para-hydroxylation sites is 1. The third kappa shape index (κ3) is 1.81. The van der Waals surface area contributed by atoms with Crippen LogP contribution in [0.25, 0.3) is 10.9 Å². The molecule has 4 rings (SSSR count). The largest absolute Gasteiger partial charge is 0.345 e. The number of nitrogens with zero attached hydrogens (tertiary/aromatic N) is 2. The van der Waals surface area contributed by atoms with Gasteiger partial charge in [0.1, 0.15) is 0 Å². The van der Waals surface area contributed by atoms with Gasteiger partial charge in [-0.2, -0.15) is 0 Å². The first-order valence-electron chi connectivity index (χ1n) is 8.03. The van der Waals surface area contributed by atoms with E-state index in [-0.39, 0.29) is 0 Å². The van der Waals surface area contributed by atoms with E-state index in [1.54, 1.807) is 11.3 Å². The summed E-state index contributed by atoms with van der Waals surface area (Å²) in [5, 5.41) is 1.51. The molecule has 1 aromatic heterocycles. The van der Waals surface area contributed by atoms with Crippen molar-refractivity contribution >= 4 is 10.9 Å². The molecule has 1 aliphatic heterocycles. The number of hydrogen-bond acceptors (Lipinski definition) is 1. The van der Waals surface area contributed by atoms with E-state index in [0.29, 0.717) is 0 Å². The molecular weight excluding hydrogens is 244 g/mol. The second-order valence-corrected chi connectivity index (χ2v) is 6.78. The number of fused-ring (bicyclic) bond motifs is 5. The van der Waals surface area contributed by atoms with Crippen molar-refractivity contribution in [1.82, 2.24) is 9.47 Å². The Bertz CT molecular complexity index is 640. The van der Waals surface area contributed by atoms with Crippen molar-refractivity contribution in [3.63, 3.8) is 0 Å². The van der Waals surface area contributed by atoms with Gasteiger partial charge in [0.2, 0.25) is 0 Å². The lowest BCUT2D eigenvalue weighted by Gasteiger charge is -2.33. The van der Waals surface area contributed by atoms with Gasteiger partial charge in [0, 0.05) is 36.2 Å². The number of hydrogen-bond donors (Lipinski definition) is 0. The zero-order valence-electron chi connectivity index (χ0n) is 12.6. The molecule has 2 aliphatic rings. The average molecular weight is 268 g/mol. The summed E-state index contributed by atoms with van der Waals surface area (Å²) in [6, 6.07) is 9.02. The van der Waals surface area contributed by atoms with Gasteiger partial charge in [-0.15, -0.1) is 0 Å². The number of benzene rings is 1. The highest BCUT2D eigenvalue weighted by atomic mass is 15.1. The predicted molar refractivity (Wildman–Crippen MR) is 84.1 cm³/mol. The fraction of sp³-hybridized carbons (Fsp3) is 0.556. The zero-order chi connectivity index (χ0) is 13.7. The van der Waals surface area contributed by atoms with Crippen LogP contribution < -0.4 is 0 Å². The molecule has 0 N–H and O–H groups in total. The molecule has 2 unspecified atom stereocenters. The Labute approximate surface area is 121 Å². The summed E-state index contributed by atoms with van der Waals surface area (Å²) in [5.74, 6) is 1.71. The van der Waals surface area contributed by atoms with Crippen LogP contribution in [0, 0.1) is 11.8 Å². The van der Waals surface area contributed by atoms with E-state index < -0.39 is 0 Å². The normalized spacial score (nSPS) is 26.5. The molecule has 2 aromatic rings. The molecule has 2 heterocycles. The Morgan fingerprint density at radius 2 is 1.85 bits per heavy atom. The summed E-state index contributed by atoms with van der Waals surface area (Å²) in [6.45, 7) is 5.95. The van der Waals surface area contributed by atoms with Crippen molar-refractivity contribution in [3.8, 4) is 0 Å². The van der Waals surface area contributed by atoms with Crippen LogP contribution >= 0.6 is 0 Å². The Morgan fingerprint density at radius 1 is 1.10 bits per heavy atom. The van der Waals surface area contributed by atoms with E-state index in [2.05, 4.69) is 47.7 Å². The molecule has 0 saturated carbocycles. The van der Waals surface area contributed by atoms with Crippen LogP contribution in [0.3, 0.4) is 0 Å². The van der Waals surface area contributed by atoms with Crippen LogP contribution in [0.15, 0.2) is 24.3 Å². The number of aromatic nitrogens is 1.